The van der Waals surface area contributed by atoms with Gasteiger partial charge in [0.2, 0.25) is 0 Å². The summed E-state index contributed by atoms with van der Waals surface area (Å²) >= 11 is 16.5. The first-order chi connectivity index (χ1) is 11.1. The summed E-state index contributed by atoms with van der Waals surface area (Å²) in [5, 5.41) is 4.12. The van der Waals surface area contributed by atoms with Gasteiger partial charge in [0, 0.05) is 18.9 Å². The van der Waals surface area contributed by atoms with Crippen LogP contribution >= 0.6 is 34.8 Å². The normalized spacial score (nSPS) is 9.70. The molecule has 3 rings (SSSR count). The number of rotatable bonds is 3. The van der Waals surface area contributed by atoms with Crippen molar-refractivity contribution in [3.8, 4) is 0 Å². The molecule has 0 aliphatic carbocycles. The lowest BCUT2D eigenvalue weighted by Crippen LogP contribution is -2.01. The van der Waals surface area contributed by atoms with Gasteiger partial charge < -0.3 is 5.32 Å². The van der Waals surface area contributed by atoms with Crippen molar-refractivity contribution in [1.82, 2.24) is 24.9 Å². The Bertz CT molecular complexity index is 724. The van der Waals surface area contributed by atoms with Gasteiger partial charge in [0.25, 0.3) is 0 Å². The molecule has 0 saturated heterocycles. The highest BCUT2D eigenvalue weighted by molar-refractivity contribution is 6.32. The summed E-state index contributed by atoms with van der Waals surface area (Å²) in [6.07, 6.45) is 9.51. The third-order valence-corrected chi connectivity index (χ3v) is 2.92. The van der Waals surface area contributed by atoms with E-state index in [1.807, 2.05) is 12.1 Å². The van der Waals surface area contributed by atoms with Crippen LogP contribution in [0.1, 0.15) is 5.56 Å². The third-order valence-electron chi connectivity index (χ3n) is 2.38. The Kier molecular flexibility index (Phi) is 6.93. The highest BCUT2D eigenvalue weighted by Gasteiger charge is 1.96. The number of hydrogen-bond acceptors (Lipinski definition) is 6. The molecule has 9 heteroatoms. The molecule has 118 valence electrons. The molecule has 6 nitrogen and oxygen atoms in total. The Morgan fingerprint density at radius 2 is 1.43 bits per heavy atom. The van der Waals surface area contributed by atoms with Gasteiger partial charge in [-0.05, 0) is 11.6 Å². The fraction of sp³-hybridized carbons (Fsp3) is 0.0714. The van der Waals surface area contributed by atoms with E-state index >= 15 is 0 Å². The van der Waals surface area contributed by atoms with Gasteiger partial charge in [0.1, 0.15) is 21.3 Å². The van der Waals surface area contributed by atoms with Crippen LogP contribution in [0.5, 0.6) is 0 Å². The predicted molar refractivity (Wildman–Crippen MR) is 90.7 cm³/mol. The zero-order chi connectivity index (χ0) is 16.5. The fourth-order valence-electron chi connectivity index (χ4n) is 1.44. The molecule has 0 atom stereocenters. The maximum absolute atomic E-state index is 5.70. The Hall–Kier alpha value is -2.02. The molecule has 0 aliphatic rings. The smallest absolute Gasteiger partial charge is 0.149 e. The monoisotopic (exact) mass is 368 g/mol. The molecule has 3 aromatic rings. The topological polar surface area (TPSA) is 76.5 Å². The maximum atomic E-state index is 5.70. The Morgan fingerprint density at radius 3 is 1.96 bits per heavy atom. The van der Waals surface area contributed by atoms with Crippen LogP contribution in [0.4, 0.5) is 5.82 Å². The van der Waals surface area contributed by atoms with E-state index in [0.717, 1.165) is 5.56 Å². The van der Waals surface area contributed by atoms with Gasteiger partial charge in [-0.25, -0.2) is 9.97 Å². The summed E-state index contributed by atoms with van der Waals surface area (Å²) in [7, 11) is 0. The first-order valence-corrected chi connectivity index (χ1v) is 7.50. The van der Waals surface area contributed by atoms with Crippen LogP contribution < -0.4 is 5.32 Å². The lowest BCUT2D eigenvalue weighted by atomic mass is 10.3. The van der Waals surface area contributed by atoms with Crippen molar-refractivity contribution >= 4 is 40.6 Å². The number of nitrogens with zero attached hydrogens (tertiary/aromatic N) is 5. The van der Waals surface area contributed by atoms with Crippen molar-refractivity contribution in [2.75, 3.05) is 5.32 Å². The average Bonchev–Trinajstić information content (AvgIpc) is 2.54. The molecule has 3 aromatic heterocycles. The van der Waals surface area contributed by atoms with Gasteiger partial charge in [0.05, 0.1) is 24.8 Å². The molecule has 0 aromatic carbocycles. The molecule has 0 unspecified atom stereocenters. The van der Waals surface area contributed by atoms with E-state index in [1.54, 1.807) is 18.6 Å². The van der Waals surface area contributed by atoms with Gasteiger partial charge in [-0.1, -0.05) is 40.9 Å². The second-order valence-corrected chi connectivity index (χ2v) is 5.27. The first kappa shape index (κ1) is 17.3. The van der Waals surface area contributed by atoms with Crippen LogP contribution in [0.3, 0.4) is 0 Å². The number of pyridine rings is 1. The van der Waals surface area contributed by atoms with Crippen LogP contribution in [0.25, 0.3) is 0 Å². The van der Waals surface area contributed by atoms with E-state index in [2.05, 4.69) is 30.2 Å². The summed E-state index contributed by atoms with van der Waals surface area (Å²) in [6, 6.07) is 3.87. The molecule has 0 aliphatic heterocycles. The minimum atomic E-state index is 0.317. The van der Waals surface area contributed by atoms with E-state index in [9.17, 15) is 0 Å². The van der Waals surface area contributed by atoms with Crippen LogP contribution in [-0.4, -0.2) is 24.9 Å². The predicted octanol–water partition coefficient (Wildman–Crippen LogP) is 3.92. The molecule has 1 N–H and O–H groups in total. The van der Waals surface area contributed by atoms with Crippen molar-refractivity contribution in [3.05, 3.63) is 70.3 Å². The van der Waals surface area contributed by atoms with Crippen molar-refractivity contribution in [1.29, 1.82) is 0 Å². The highest BCUT2D eigenvalue weighted by atomic mass is 35.5. The van der Waals surface area contributed by atoms with Crippen molar-refractivity contribution in [2.45, 2.75) is 6.54 Å². The van der Waals surface area contributed by atoms with Gasteiger partial charge >= 0.3 is 0 Å². The number of aromatic nitrogens is 5. The van der Waals surface area contributed by atoms with Crippen LogP contribution in [0.15, 0.2) is 49.3 Å². The summed E-state index contributed by atoms with van der Waals surface area (Å²) in [5.74, 6) is 0.659. The molecule has 0 bridgehead atoms. The standard InChI is InChI=1S/C10H9ClN4.C4H2Cl2N2/c11-9-6-13-7-10(15-9)14-5-8-2-1-3-12-4-8;5-3-1-7-2-4(6)8-3/h1-4,6-7H,5H2,(H,14,15);1-2H. The van der Waals surface area contributed by atoms with Crippen molar-refractivity contribution in [2.24, 2.45) is 0 Å². The van der Waals surface area contributed by atoms with Gasteiger partial charge in [0.15, 0.2) is 0 Å². The lowest BCUT2D eigenvalue weighted by Gasteiger charge is -2.04. The minimum Gasteiger partial charge on any atom is -0.365 e. The van der Waals surface area contributed by atoms with E-state index in [4.69, 9.17) is 34.8 Å². The van der Waals surface area contributed by atoms with E-state index in [-0.39, 0.29) is 0 Å². The second kappa shape index (κ2) is 9.19. The van der Waals surface area contributed by atoms with Crippen molar-refractivity contribution < 1.29 is 0 Å². The second-order valence-electron chi connectivity index (χ2n) is 4.11. The van der Waals surface area contributed by atoms with Crippen LogP contribution in [-0.2, 0) is 6.54 Å². The minimum absolute atomic E-state index is 0.317. The van der Waals surface area contributed by atoms with Crippen molar-refractivity contribution in [3.63, 3.8) is 0 Å². The van der Waals surface area contributed by atoms with E-state index in [1.165, 1.54) is 18.6 Å². The summed E-state index contributed by atoms with van der Waals surface area (Å²) in [4.78, 5) is 19.3. The molecule has 23 heavy (non-hydrogen) atoms. The molecule has 0 spiro atoms. The Morgan fingerprint density at radius 1 is 0.783 bits per heavy atom. The average molecular weight is 370 g/mol. The molecule has 0 amide bonds. The molecular weight excluding hydrogens is 359 g/mol. The lowest BCUT2D eigenvalue weighted by molar-refractivity contribution is 1.07. The summed E-state index contributed by atoms with van der Waals surface area (Å²) in [5.41, 5.74) is 1.08. The molecule has 0 fully saturated rings. The first-order valence-electron chi connectivity index (χ1n) is 6.37. The number of halogens is 3. The van der Waals surface area contributed by atoms with Gasteiger partial charge in [-0.15, -0.1) is 0 Å². The van der Waals surface area contributed by atoms with E-state index < -0.39 is 0 Å². The number of nitrogens with one attached hydrogen (secondary N) is 1. The van der Waals surface area contributed by atoms with Crippen LogP contribution in [0, 0.1) is 0 Å². The quantitative estimate of drug-likeness (QED) is 0.754. The third kappa shape index (κ3) is 6.73. The fourth-order valence-corrected chi connectivity index (χ4v) is 1.93. The summed E-state index contributed by atoms with van der Waals surface area (Å²) in [6.45, 7) is 0.656. The highest BCUT2D eigenvalue weighted by Crippen LogP contribution is 2.08. The Labute approximate surface area is 147 Å². The zero-order valence-corrected chi connectivity index (χ0v) is 14.0. The van der Waals surface area contributed by atoms with E-state index in [0.29, 0.717) is 27.8 Å². The SMILES string of the molecule is Clc1cncc(Cl)n1.Clc1cncc(NCc2cccnc2)n1. The molecule has 0 radical (unpaired) electrons. The molecule has 0 saturated carbocycles. The Balaban J connectivity index is 0.000000203. The van der Waals surface area contributed by atoms with Gasteiger partial charge in [-0.2, -0.15) is 0 Å². The number of anilines is 1. The summed E-state index contributed by atoms with van der Waals surface area (Å²) < 4.78 is 0. The zero-order valence-electron chi connectivity index (χ0n) is 11.7. The van der Waals surface area contributed by atoms with Gasteiger partial charge in [-0.3, -0.25) is 15.0 Å². The van der Waals surface area contributed by atoms with Crippen LogP contribution in [0.2, 0.25) is 15.5 Å². The molecular formula is C14H11Cl3N6. The molecule has 3 heterocycles. The maximum Gasteiger partial charge on any atom is 0.149 e. The number of hydrogen-bond donors (Lipinski definition) is 1. The largest absolute Gasteiger partial charge is 0.365 e.